The normalized spacial score (nSPS) is 16.9. The van der Waals surface area contributed by atoms with Gasteiger partial charge in [-0.2, -0.15) is 0 Å². The molecule has 4 nitrogen and oxygen atoms in total. The molecule has 1 amide bonds. The molecule has 0 spiro atoms. The monoisotopic (exact) mass is 243 g/mol. The Labute approximate surface area is 104 Å². The highest BCUT2D eigenvalue weighted by atomic mass is 16.7. The number of hydrogen-bond acceptors (Lipinski definition) is 3. The third kappa shape index (κ3) is 5.50. The second-order valence-electron chi connectivity index (χ2n) is 4.32. The molecule has 17 heavy (non-hydrogen) atoms. The summed E-state index contributed by atoms with van der Waals surface area (Å²) in [5, 5.41) is 0. The lowest BCUT2D eigenvalue weighted by molar-refractivity contribution is -0.143. The van der Waals surface area contributed by atoms with Crippen LogP contribution in [0.1, 0.15) is 46.0 Å². The SMILES string of the molecule is CCOC(CCCN1CCCCC1=O)OCC. The topological polar surface area (TPSA) is 38.8 Å². The van der Waals surface area contributed by atoms with Gasteiger partial charge in [-0.15, -0.1) is 0 Å². The Morgan fingerprint density at radius 3 is 2.53 bits per heavy atom. The van der Waals surface area contributed by atoms with Crippen molar-refractivity contribution in [1.82, 2.24) is 4.90 Å². The van der Waals surface area contributed by atoms with E-state index in [1.807, 2.05) is 18.7 Å². The summed E-state index contributed by atoms with van der Waals surface area (Å²) in [4.78, 5) is 13.6. The molecule has 1 heterocycles. The summed E-state index contributed by atoms with van der Waals surface area (Å²) in [6, 6.07) is 0. The first-order valence-electron chi connectivity index (χ1n) is 6.78. The van der Waals surface area contributed by atoms with E-state index in [0.717, 1.165) is 45.2 Å². The summed E-state index contributed by atoms with van der Waals surface area (Å²) >= 11 is 0. The quantitative estimate of drug-likeness (QED) is 0.613. The van der Waals surface area contributed by atoms with Crippen molar-refractivity contribution in [1.29, 1.82) is 0 Å². The van der Waals surface area contributed by atoms with Gasteiger partial charge in [0.15, 0.2) is 6.29 Å². The standard InChI is InChI=1S/C13H25NO3/c1-3-16-13(17-4-2)9-7-11-14-10-6-5-8-12(14)15/h13H,3-11H2,1-2H3. The number of piperidine rings is 1. The van der Waals surface area contributed by atoms with Crippen LogP contribution in [-0.2, 0) is 14.3 Å². The van der Waals surface area contributed by atoms with E-state index in [9.17, 15) is 4.79 Å². The number of likely N-dealkylation sites (tertiary alicyclic amines) is 1. The lowest BCUT2D eigenvalue weighted by Gasteiger charge is -2.27. The first kappa shape index (κ1) is 14.5. The van der Waals surface area contributed by atoms with Crippen molar-refractivity contribution < 1.29 is 14.3 Å². The van der Waals surface area contributed by atoms with Crippen LogP contribution in [0.15, 0.2) is 0 Å². The van der Waals surface area contributed by atoms with E-state index < -0.39 is 0 Å². The third-order valence-electron chi connectivity index (χ3n) is 2.99. The molecule has 0 unspecified atom stereocenters. The van der Waals surface area contributed by atoms with Gasteiger partial charge in [0, 0.05) is 39.1 Å². The Hall–Kier alpha value is -0.610. The number of carbonyl (C=O) groups excluding carboxylic acids is 1. The first-order chi connectivity index (χ1) is 8.27. The molecule has 0 aliphatic carbocycles. The van der Waals surface area contributed by atoms with Crippen molar-refractivity contribution in [2.45, 2.75) is 52.2 Å². The summed E-state index contributed by atoms with van der Waals surface area (Å²) in [6.07, 6.45) is 4.63. The fraction of sp³-hybridized carbons (Fsp3) is 0.923. The summed E-state index contributed by atoms with van der Waals surface area (Å²) < 4.78 is 10.9. The molecule has 0 aromatic rings. The van der Waals surface area contributed by atoms with Crippen molar-refractivity contribution in [3.8, 4) is 0 Å². The average molecular weight is 243 g/mol. The lowest BCUT2D eigenvalue weighted by Crippen LogP contribution is -2.36. The fourth-order valence-electron chi connectivity index (χ4n) is 2.13. The Morgan fingerprint density at radius 2 is 1.94 bits per heavy atom. The largest absolute Gasteiger partial charge is 0.353 e. The number of amides is 1. The molecule has 0 aromatic carbocycles. The fourth-order valence-corrected chi connectivity index (χ4v) is 2.13. The summed E-state index contributed by atoms with van der Waals surface area (Å²) in [7, 11) is 0. The van der Waals surface area contributed by atoms with E-state index in [2.05, 4.69) is 0 Å². The molecule has 1 fully saturated rings. The smallest absolute Gasteiger partial charge is 0.222 e. The van der Waals surface area contributed by atoms with Gasteiger partial charge in [0.1, 0.15) is 0 Å². The van der Waals surface area contributed by atoms with Crippen LogP contribution >= 0.6 is 0 Å². The van der Waals surface area contributed by atoms with Gasteiger partial charge in [-0.1, -0.05) is 0 Å². The number of nitrogens with zero attached hydrogens (tertiary/aromatic N) is 1. The third-order valence-corrected chi connectivity index (χ3v) is 2.99. The van der Waals surface area contributed by atoms with Gasteiger partial charge < -0.3 is 14.4 Å². The molecular formula is C13H25NO3. The Kier molecular flexibility index (Phi) is 7.21. The van der Waals surface area contributed by atoms with Crippen molar-refractivity contribution in [3.05, 3.63) is 0 Å². The Bertz CT molecular complexity index is 215. The number of hydrogen-bond donors (Lipinski definition) is 0. The molecule has 1 aliphatic heterocycles. The molecule has 0 atom stereocenters. The second-order valence-corrected chi connectivity index (χ2v) is 4.32. The summed E-state index contributed by atoms with van der Waals surface area (Å²) in [6.45, 7) is 7.06. The molecule has 1 rings (SSSR count). The van der Waals surface area contributed by atoms with Gasteiger partial charge in [-0.3, -0.25) is 4.79 Å². The van der Waals surface area contributed by atoms with Crippen LogP contribution in [-0.4, -0.2) is 43.4 Å². The molecule has 0 radical (unpaired) electrons. The molecule has 1 aliphatic rings. The zero-order chi connectivity index (χ0) is 12.5. The predicted octanol–water partition coefficient (Wildman–Crippen LogP) is 2.18. The minimum Gasteiger partial charge on any atom is -0.353 e. The van der Waals surface area contributed by atoms with E-state index >= 15 is 0 Å². The van der Waals surface area contributed by atoms with Crippen LogP contribution in [0.5, 0.6) is 0 Å². The average Bonchev–Trinajstić information content (AvgIpc) is 2.32. The van der Waals surface area contributed by atoms with Gasteiger partial charge in [0.05, 0.1) is 0 Å². The first-order valence-corrected chi connectivity index (χ1v) is 6.78. The van der Waals surface area contributed by atoms with E-state index in [-0.39, 0.29) is 6.29 Å². The van der Waals surface area contributed by atoms with Crippen LogP contribution in [0.25, 0.3) is 0 Å². The maximum absolute atomic E-state index is 11.6. The highest BCUT2D eigenvalue weighted by molar-refractivity contribution is 5.76. The van der Waals surface area contributed by atoms with E-state index in [1.54, 1.807) is 0 Å². The Morgan fingerprint density at radius 1 is 1.24 bits per heavy atom. The molecule has 0 N–H and O–H groups in total. The number of ether oxygens (including phenoxy) is 2. The minimum absolute atomic E-state index is 0.107. The van der Waals surface area contributed by atoms with Crippen LogP contribution < -0.4 is 0 Å². The summed E-state index contributed by atoms with van der Waals surface area (Å²) in [5.41, 5.74) is 0. The van der Waals surface area contributed by atoms with Crippen LogP contribution in [0.3, 0.4) is 0 Å². The molecule has 0 aromatic heterocycles. The van der Waals surface area contributed by atoms with Gasteiger partial charge >= 0.3 is 0 Å². The zero-order valence-corrected chi connectivity index (χ0v) is 11.1. The van der Waals surface area contributed by atoms with Gasteiger partial charge in [-0.05, 0) is 33.1 Å². The van der Waals surface area contributed by atoms with Crippen molar-refractivity contribution >= 4 is 5.91 Å². The maximum atomic E-state index is 11.6. The van der Waals surface area contributed by atoms with Gasteiger partial charge in [-0.25, -0.2) is 0 Å². The molecule has 1 saturated heterocycles. The molecule has 4 heteroatoms. The molecule has 0 saturated carbocycles. The highest BCUT2D eigenvalue weighted by Crippen LogP contribution is 2.12. The molecular weight excluding hydrogens is 218 g/mol. The van der Waals surface area contributed by atoms with Crippen LogP contribution in [0, 0.1) is 0 Å². The van der Waals surface area contributed by atoms with Crippen LogP contribution in [0.2, 0.25) is 0 Å². The Balaban J connectivity index is 2.17. The molecule has 100 valence electrons. The van der Waals surface area contributed by atoms with Crippen molar-refractivity contribution in [2.24, 2.45) is 0 Å². The highest BCUT2D eigenvalue weighted by Gasteiger charge is 2.18. The number of carbonyl (C=O) groups is 1. The second kappa shape index (κ2) is 8.48. The predicted molar refractivity (Wildman–Crippen MR) is 66.7 cm³/mol. The van der Waals surface area contributed by atoms with E-state index in [1.165, 1.54) is 0 Å². The van der Waals surface area contributed by atoms with E-state index in [0.29, 0.717) is 19.1 Å². The van der Waals surface area contributed by atoms with Crippen LogP contribution in [0.4, 0.5) is 0 Å². The summed E-state index contributed by atoms with van der Waals surface area (Å²) in [5.74, 6) is 0.306. The van der Waals surface area contributed by atoms with Crippen molar-refractivity contribution in [2.75, 3.05) is 26.3 Å². The van der Waals surface area contributed by atoms with E-state index in [4.69, 9.17) is 9.47 Å². The zero-order valence-electron chi connectivity index (χ0n) is 11.1. The van der Waals surface area contributed by atoms with Crippen molar-refractivity contribution in [3.63, 3.8) is 0 Å². The van der Waals surface area contributed by atoms with Gasteiger partial charge in [0.25, 0.3) is 0 Å². The molecule has 0 bridgehead atoms. The van der Waals surface area contributed by atoms with Gasteiger partial charge in [0.2, 0.25) is 5.91 Å². The minimum atomic E-state index is -0.107. The number of rotatable bonds is 8. The maximum Gasteiger partial charge on any atom is 0.222 e. The lowest BCUT2D eigenvalue weighted by atomic mass is 10.1.